The van der Waals surface area contributed by atoms with Gasteiger partial charge in [0, 0.05) is 0 Å². The molecule has 0 amide bonds. The molecule has 0 nitrogen and oxygen atoms in total. The molecule has 2 unspecified atom stereocenters. The molecule has 0 spiro atoms. The monoisotopic (exact) mass is 250 g/mol. The minimum absolute atomic E-state index is 0.597. The SMILES string of the molecule is CCC(C)(C(F)(F)F)C(C)(CC)C(F)(F)F. The van der Waals surface area contributed by atoms with Gasteiger partial charge in [-0.25, -0.2) is 0 Å². The van der Waals surface area contributed by atoms with E-state index in [1.807, 2.05) is 0 Å². The van der Waals surface area contributed by atoms with Crippen molar-refractivity contribution in [1.82, 2.24) is 0 Å². The lowest BCUT2D eigenvalue weighted by atomic mass is 9.61. The van der Waals surface area contributed by atoms with Crippen molar-refractivity contribution < 1.29 is 26.3 Å². The summed E-state index contributed by atoms with van der Waals surface area (Å²) in [5, 5.41) is 0. The zero-order valence-electron chi connectivity index (χ0n) is 9.68. The standard InChI is InChI=1S/C10H16F6/c1-5-7(3,9(11,12)13)8(4,6-2)10(14,15)16/h5-6H2,1-4H3. The summed E-state index contributed by atoms with van der Waals surface area (Å²) in [4.78, 5) is 0. The normalized spacial score (nSPS) is 21.4. The summed E-state index contributed by atoms with van der Waals surface area (Å²) < 4.78 is 76.9. The molecular weight excluding hydrogens is 234 g/mol. The number of rotatable bonds is 3. The van der Waals surface area contributed by atoms with Crippen LogP contribution in [0.15, 0.2) is 0 Å². The van der Waals surface area contributed by atoms with Gasteiger partial charge in [-0.3, -0.25) is 0 Å². The second kappa shape index (κ2) is 4.11. The summed E-state index contributed by atoms with van der Waals surface area (Å²) in [7, 11) is 0. The number of alkyl halides is 6. The van der Waals surface area contributed by atoms with Gasteiger partial charge in [-0.2, -0.15) is 26.3 Å². The van der Waals surface area contributed by atoms with Gasteiger partial charge in [0.25, 0.3) is 0 Å². The highest BCUT2D eigenvalue weighted by Crippen LogP contribution is 2.61. The predicted molar refractivity (Wildman–Crippen MR) is 48.9 cm³/mol. The van der Waals surface area contributed by atoms with Gasteiger partial charge < -0.3 is 0 Å². The maximum atomic E-state index is 12.8. The Balaban J connectivity index is 5.70. The van der Waals surface area contributed by atoms with Gasteiger partial charge in [0.15, 0.2) is 0 Å². The van der Waals surface area contributed by atoms with E-state index in [1.54, 1.807) is 0 Å². The quantitative estimate of drug-likeness (QED) is 0.622. The summed E-state index contributed by atoms with van der Waals surface area (Å²) in [5.74, 6) is 0. The van der Waals surface area contributed by atoms with Gasteiger partial charge in [0.05, 0.1) is 10.8 Å². The summed E-state index contributed by atoms with van der Waals surface area (Å²) in [6.45, 7) is 3.55. The van der Waals surface area contributed by atoms with Crippen molar-refractivity contribution in [2.75, 3.05) is 0 Å². The van der Waals surface area contributed by atoms with Crippen LogP contribution in [0.2, 0.25) is 0 Å². The van der Waals surface area contributed by atoms with E-state index < -0.39 is 36.0 Å². The zero-order chi connectivity index (χ0) is 13.4. The molecule has 98 valence electrons. The van der Waals surface area contributed by atoms with E-state index in [0.717, 1.165) is 13.8 Å². The minimum Gasteiger partial charge on any atom is -0.170 e. The van der Waals surface area contributed by atoms with Crippen LogP contribution in [0, 0.1) is 10.8 Å². The third-order valence-electron chi connectivity index (χ3n) is 3.88. The smallest absolute Gasteiger partial charge is 0.170 e. The first-order valence-corrected chi connectivity index (χ1v) is 5.01. The van der Waals surface area contributed by atoms with Gasteiger partial charge in [-0.1, -0.05) is 27.7 Å². The second-order valence-electron chi connectivity index (χ2n) is 4.37. The van der Waals surface area contributed by atoms with Gasteiger partial charge in [-0.05, 0) is 12.8 Å². The maximum Gasteiger partial charge on any atom is 0.395 e. The fraction of sp³-hybridized carbons (Fsp3) is 1.00. The molecule has 0 fully saturated rings. The van der Waals surface area contributed by atoms with Gasteiger partial charge in [-0.15, -0.1) is 0 Å². The van der Waals surface area contributed by atoms with Crippen molar-refractivity contribution in [3.63, 3.8) is 0 Å². The third-order valence-corrected chi connectivity index (χ3v) is 3.88. The Morgan fingerprint density at radius 2 is 0.812 bits per heavy atom. The molecule has 0 saturated heterocycles. The van der Waals surface area contributed by atoms with Crippen LogP contribution in [0.25, 0.3) is 0 Å². The van der Waals surface area contributed by atoms with Crippen molar-refractivity contribution in [2.45, 2.75) is 52.9 Å². The molecule has 0 aliphatic heterocycles. The van der Waals surface area contributed by atoms with Crippen LogP contribution in [0.1, 0.15) is 40.5 Å². The Kier molecular flexibility index (Phi) is 4.00. The highest BCUT2D eigenvalue weighted by molar-refractivity contribution is 5.00. The zero-order valence-corrected chi connectivity index (χ0v) is 9.68. The molecule has 0 aromatic rings. The molecule has 0 aliphatic carbocycles. The Hall–Kier alpha value is -0.420. The van der Waals surface area contributed by atoms with Crippen LogP contribution in [-0.4, -0.2) is 12.4 Å². The van der Waals surface area contributed by atoms with Crippen molar-refractivity contribution in [2.24, 2.45) is 10.8 Å². The fourth-order valence-electron chi connectivity index (χ4n) is 1.81. The average Bonchev–Trinajstić information content (AvgIpc) is 2.11. The first-order chi connectivity index (χ1) is 6.87. The number of hydrogen-bond donors (Lipinski definition) is 0. The largest absolute Gasteiger partial charge is 0.395 e. The molecule has 0 heterocycles. The first kappa shape index (κ1) is 15.6. The van der Waals surface area contributed by atoms with E-state index in [-0.39, 0.29) is 0 Å². The molecule has 16 heavy (non-hydrogen) atoms. The van der Waals surface area contributed by atoms with Gasteiger partial charge >= 0.3 is 12.4 Å². The minimum atomic E-state index is -4.87. The summed E-state index contributed by atoms with van der Waals surface area (Å²) >= 11 is 0. The predicted octanol–water partition coefficient (Wildman–Crippen LogP) is 4.94. The van der Waals surface area contributed by atoms with Crippen LogP contribution in [0.4, 0.5) is 26.3 Å². The lowest BCUT2D eigenvalue weighted by molar-refractivity contribution is -0.334. The van der Waals surface area contributed by atoms with E-state index >= 15 is 0 Å². The summed E-state index contributed by atoms with van der Waals surface area (Å²) in [6, 6.07) is 0. The summed E-state index contributed by atoms with van der Waals surface area (Å²) in [5.41, 5.74) is -5.51. The van der Waals surface area contributed by atoms with Gasteiger partial charge in [0.1, 0.15) is 0 Å². The lowest BCUT2D eigenvalue weighted by Crippen LogP contribution is -2.55. The van der Waals surface area contributed by atoms with Crippen molar-refractivity contribution in [1.29, 1.82) is 0 Å². The molecule has 2 atom stereocenters. The third kappa shape index (κ3) is 2.02. The lowest BCUT2D eigenvalue weighted by Gasteiger charge is -2.47. The molecule has 0 N–H and O–H groups in total. The van der Waals surface area contributed by atoms with Crippen molar-refractivity contribution in [3.8, 4) is 0 Å². The van der Waals surface area contributed by atoms with Crippen molar-refractivity contribution >= 4 is 0 Å². The van der Waals surface area contributed by atoms with E-state index in [9.17, 15) is 26.3 Å². The van der Waals surface area contributed by atoms with Crippen LogP contribution < -0.4 is 0 Å². The Morgan fingerprint density at radius 3 is 0.875 bits per heavy atom. The Bertz CT molecular complexity index is 215. The highest BCUT2D eigenvalue weighted by atomic mass is 19.4. The molecule has 0 bridgehead atoms. The van der Waals surface area contributed by atoms with Crippen LogP contribution >= 0.6 is 0 Å². The Labute approximate surface area is 91.0 Å². The van der Waals surface area contributed by atoms with Crippen LogP contribution in [-0.2, 0) is 0 Å². The highest BCUT2D eigenvalue weighted by Gasteiger charge is 2.69. The van der Waals surface area contributed by atoms with E-state index in [0.29, 0.717) is 13.8 Å². The molecule has 6 heteroatoms. The first-order valence-electron chi connectivity index (χ1n) is 5.01. The maximum absolute atomic E-state index is 12.8. The fourth-order valence-corrected chi connectivity index (χ4v) is 1.81. The van der Waals surface area contributed by atoms with Crippen LogP contribution in [0.5, 0.6) is 0 Å². The van der Waals surface area contributed by atoms with E-state index in [2.05, 4.69) is 0 Å². The molecule has 0 aromatic heterocycles. The molecular formula is C10H16F6. The Morgan fingerprint density at radius 1 is 0.625 bits per heavy atom. The van der Waals surface area contributed by atoms with E-state index in [4.69, 9.17) is 0 Å². The van der Waals surface area contributed by atoms with E-state index in [1.165, 1.54) is 0 Å². The molecule has 0 rings (SSSR count). The van der Waals surface area contributed by atoms with Crippen LogP contribution in [0.3, 0.4) is 0 Å². The van der Waals surface area contributed by atoms with Gasteiger partial charge in [0.2, 0.25) is 0 Å². The average molecular weight is 250 g/mol. The number of hydrogen-bond acceptors (Lipinski definition) is 0. The topological polar surface area (TPSA) is 0 Å². The molecule has 0 radical (unpaired) electrons. The second-order valence-corrected chi connectivity index (χ2v) is 4.37. The molecule has 0 aromatic carbocycles. The molecule has 0 aliphatic rings. The van der Waals surface area contributed by atoms with Crippen molar-refractivity contribution in [3.05, 3.63) is 0 Å². The number of halogens is 6. The summed E-state index contributed by atoms with van der Waals surface area (Å²) in [6.07, 6.45) is -10.9. The molecule has 0 saturated carbocycles.